The fourth-order valence-corrected chi connectivity index (χ4v) is 4.09. The van der Waals surface area contributed by atoms with E-state index in [1.54, 1.807) is 36.2 Å². The van der Waals surface area contributed by atoms with Crippen molar-refractivity contribution in [2.24, 2.45) is 18.4 Å². The van der Waals surface area contributed by atoms with Gasteiger partial charge in [-0.1, -0.05) is 12.1 Å². The van der Waals surface area contributed by atoms with Crippen molar-refractivity contribution in [1.82, 2.24) is 25.1 Å². The molecule has 2 aliphatic rings. The molecule has 0 radical (unpaired) electrons. The molecule has 27 heavy (non-hydrogen) atoms. The fourth-order valence-electron chi connectivity index (χ4n) is 4.09. The van der Waals surface area contributed by atoms with Crippen molar-refractivity contribution in [3.05, 3.63) is 29.8 Å². The molecule has 0 bridgehead atoms. The van der Waals surface area contributed by atoms with Crippen molar-refractivity contribution in [2.75, 3.05) is 26.3 Å². The number of rotatable bonds is 3. The zero-order chi connectivity index (χ0) is 19.0. The van der Waals surface area contributed by atoms with Gasteiger partial charge in [0.1, 0.15) is 0 Å². The molecule has 0 saturated carbocycles. The number of aryl methyl sites for hydroxylation is 1. The summed E-state index contributed by atoms with van der Waals surface area (Å²) < 4.78 is 5.41. The highest BCUT2D eigenvalue weighted by atomic mass is 16.5. The predicted molar refractivity (Wildman–Crippen MR) is 93.7 cm³/mol. The van der Waals surface area contributed by atoms with E-state index in [4.69, 9.17) is 4.74 Å². The number of carbonyl (C=O) groups excluding carboxylic acids is 1. The van der Waals surface area contributed by atoms with Crippen LogP contribution in [-0.2, 0) is 16.6 Å². The van der Waals surface area contributed by atoms with Crippen LogP contribution in [0.2, 0.25) is 0 Å². The molecule has 2 fully saturated rings. The summed E-state index contributed by atoms with van der Waals surface area (Å²) in [5, 5.41) is 21.6. The normalized spacial score (nSPS) is 21.5. The van der Waals surface area contributed by atoms with E-state index in [-0.39, 0.29) is 17.9 Å². The van der Waals surface area contributed by atoms with Crippen LogP contribution in [0.5, 0.6) is 0 Å². The lowest BCUT2D eigenvalue weighted by Crippen LogP contribution is -2.40. The number of tetrazole rings is 1. The molecule has 1 aromatic carbocycles. The average molecular weight is 371 g/mol. The van der Waals surface area contributed by atoms with E-state index in [0.717, 1.165) is 5.56 Å². The Balaban J connectivity index is 1.53. The number of benzene rings is 1. The maximum Gasteiger partial charge on any atom is 0.308 e. The van der Waals surface area contributed by atoms with Gasteiger partial charge in [-0.05, 0) is 30.2 Å². The number of ether oxygens (including phenoxy) is 1. The molecule has 1 unspecified atom stereocenters. The van der Waals surface area contributed by atoms with Crippen molar-refractivity contribution < 1.29 is 19.4 Å². The van der Waals surface area contributed by atoms with Crippen LogP contribution in [0.15, 0.2) is 24.3 Å². The second-order valence-electron chi connectivity index (χ2n) is 7.23. The van der Waals surface area contributed by atoms with E-state index in [1.165, 1.54) is 4.80 Å². The lowest BCUT2D eigenvalue weighted by Gasteiger charge is -2.36. The maximum absolute atomic E-state index is 12.9. The van der Waals surface area contributed by atoms with Crippen molar-refractivity contribution in [3.8, 4) is 11.4 Å². The summed E-state index contributed by atoms with van der Waals surface area (Å²) >= 11 is 0. The summed E-state index contributed by atoms with van der Waals surface area (Å²) in [4.78, 5) is 27.8. The van der Waals surface area contributed by atoms with Gasteiger partial charge in [0.15, 0.2) is 0 Å². The van der Waals surface area contributed by atoms with E-state index in [2.05, 4.69) is 15.4 Å². The molecular weight excluding hydrogens is 350 g/mol. The van der Waals surface area contributed by atoms with E-state index in [9.17, 15) is 14.7 Å². The zero-order valence-electron chi connectivity index (χ0n) is 15.0. The third kappa shape index (κ3) is 3.18. The second kappa shape index (κ2) is 6.73. The van der Waals surface area contributed by atoms with Gasteiger partial charge in [-0.15, -0.1) is 10.2 Å². The molecule has 9 nitrogen and oxygen atoms in total. The van der Waals surface area contributed by atoms with Gasteiger partial charge in [0.2, 0.25) is 5.82 Å². The van der Waals surface area contributed by atoms with Crippen LogP contribution in [0.4, 0.5) is 0 Å². The van der Waals surface area contributed by atoms with Crippen molar-refractivity contribution in [2.45, 2.75) is 12.8 Å². The third-order valence-electron chi connectivity index (χ3n) is 5.62. The molecule has 142 valence electrons. The van der Waals surface area contributed by atoms with Gasteiger partial charge in [0, 0.05) is 42.8 Å². The first-order valence-electron chi connectivity index (χ1n) is 8.93. The number of amides is 1. The minimum atomic E-state index is -0.837. The quantitative estimate of drug-likeness (QED) is 0.851. The number of aliphatic carboxylic acids is 1. The first-order chi connectivity index (χ1) is 13.0. The van der Waals surface area contributed by atoms with Crippen LogP contribution in [0.25, 0.3) is 11.4 Å². The van der Waals surface area contributed by atoms with Crippen molar-refractivity contribution in [1.29, 1.82) is 0 Å². The highest BCUT2D eigenvalue weighted by Crippen LogP contribution is 2.44. The Morgan fingerprint density at radius 2 is 1.93 bits per heavy atom. The van der Waals surface area contributed by atoms with Gasteiger partial charge >= 0.3 is 5.97 Å². The second-order valence-corrected chi connectivity index (χ2v) is 7.23. The van der Waals surface area contributed by atoms with Gasteiger partial charge in [-0.25, -0.2) is 0 Å². The van der Waals surface area contributed by atoms with Crippen LogP contribution in [0, 0.1) is 11.3 Å². The topological polar surface area (TPSA) is 110 Å². The summed E-state index contributed by atoms with van der Waals surface area (Å²) in [6, 6.07) is 7.00. The number of nitrogens with zero attached hydrogens (tertiary/aromatic N) is 5. The number of hydrogen-bond acceptors (Lipinski definition) is 6. The van der Waals surface area contributed by atoms with Crippen LogP contribution in [0.3, 0.4) is 0 Å². The number of aromatic nitrogens is 4. The van der Waals surface area contributed by atoms with E-state index in [1.807, 2.05) is 0 Å². The first-order valence-corrected chi connectivity index (χ1v) is 8.93. The lowest BCUT2D eigenvalue weighted by molar-refractivity contribution is -0.146. The van der Waals surface area contributed by atoms with E-state index < -0.39 is 11.9 Å². The van der Waals surface area contributed by atoms with Gasteiger partial charge in [-0.2, -0.15) is 4.80 Å². The summed E-state index contributed by atoms with van der Waals surface area (Å²) in [5.41, 5.74) is 0.907. The Kier molecular flexibility index (Phi) is 4.39. The Bertz CT molecular complexity index is 857. The molecule has 9 heteroatoms. The molecule has 1 aromatic heterocycles. The number of likely N-dealkylation sites (tertiary alicyclic amines) is 1. The summed E-state index contributed by atoms with van der Waals surface area (Å²) in [6.07, 6.45) is 1.34. The molecule has 1 atom stereocenters. The van der Waals surface area contributed by atoms with Crippen molar-refractivity contribution in [3.63, 3.8) is 0 Å². The summed E-state index contributed by atoms with van der Waals surface area (Å²) in [7, 11) is 1.69. The number of carbonyl (C=O) groups is 2. The zero-order valence-corrected chi connectivity index (χ0v) is 15.0. The standard InChI is InChI=1S/C18H21N5O4/c1-22-20-15(19-21-22)12-2-4-13(5-3-12)16(24)23-10-14(17(25)26)18(11-23)6-8-27-9-7-18/h2-5,14H,6-11H2,1H3,(H,25,26). The van der Waals surface area contributed by atoms with Gasteiger partial charge in [0.25, 0.3) is 5.91 Å². The smallest absolute Gasteiger partial charge is 0.308 e. The summed E-state index contributed by atoms with van der Waals surface area (Å²) in [6.45, 7) is 1.79. The first kappa shape index (κ1) is 17.6. The molecule has 3 heterocycles. The van der Waals surface area contributed by atoms with Gasteiger partial charge in [0.05, 0.1) is 13.0 Å². The molecule has 0 aliphatic carbocycles. The Morgan fingerprint density at radius 3 is 2.52 bits per heavy atom. The average Bonchev–Trinajstić information content (AvgIpc) is 3.26. The molecule has 1 amide bonds. The highest BCUT2D eigenvalue weighted by molar-refractivity contribution is 5.95. The van der Waals surface area contributed by atoms with E-state index in [0.29, 0.717) is 44.0 Å². The number of carboxylic acids is 1. The van der Waals surface area contributed by atoms with Crippen molar-refractivity contribution >= 4 is 11.9 Å². The monoisotopic (exact) mass is 371 g/mol. The highest BCUT2D eigenvalue weighted by Gasteiger charge is 2.52. The maximum atomic E-state index is 12.9. The molecule has 4 rings (SSSR count). The predicted octanol–water partition coefficient (Wildman–Crippen LogP) is 0.830. The number of hydrogen-bond donors (Lipinski definition) is 1. The Hall–Kier alpha value is -2.81. The third-order valence-corrected chi connectivity index (χ3v) is 5.62. The fraction of sp³-hybridized carbons (Fsp3) is 0.500. The van der Waals surface area contributed by atoms with Crippen LogP contribution >= 0.6 is 0 Å². The number of carboxylic acid groups (broad SMARTS) is 1. The summed E-state index contributed by atoms with van der Waals surface area (Å²) in [5.74, 6) is -1.04. The molecule has 2 saturated heterocycles. The van der Waals surface area contributed by atoms with E-state index >= 15 is 0 Å². The molecular formula is C18H21N5O4. The lowest BCUT2D eigenvalue weighted by atomic mass is 9.72. The Labute approximate surface area is 155 Å². The molecule has 2 aliphatic heterocycles. The van der Waals surface area contributed by atoms with Crippen LogP contribution in [0.1, 0.15) is 23.2 Å². The minimum absolute atomic E-state index is 0.150. The van der Waals surface area contributed by atoms with Crippen LogP contribution in [-0.4, -0.2) is 68.4 Å². The minimum Gasteiger partial charge on any atom is -0.481 e. The van der Waals surface area contributed by atoms with Gasteiger partial charge < -0.3 is 14.7 Å². The SMILES string of the molecule is Cn1nnc(-c2ccc(C(=O)N3CC(C(=O)O)C4(CCOCC4)C3)cc2)n1. The molecule has 2 aromatic rings. The largest absolute Gasteiger partial charge is 0.481 e. The molecule has 1 spiro atoms. The Morgan fingerprint density at radius 1 is 1.22 bits per heavy atom. The van der Waals surface area contributed by atoms with Crippen LogP contribution < -0.4 is 0 Å². The van der Waals surface area contributed by atoms with Gasteiger partial charge in [-0.3, -0.25) is 9.59 Å². The molecule has 1 N–H and O–H groups in total.